The number of nitrogens with one attached hydrogen (secondary N) is 2. The number of non-ortho nitro benzene ring substituents is 1. The van der Waals surface area contributed by atoms with Gasteiger partial charge in [0.2, 0.25) is 0 Å². The maximum Gasteiger partial charge on any atom is 0.288 e. The number of hydrogen-bond acceptors (Lipinski definition) is 9. The molecule has 0 atom stereocenters. The van der Waals surface area contributed by atoms with Gasteiger partial charge in [-0.1, -0.05) is 71.2 Å². The molecule has 0 spiro atoms. The van der Waals surface area contributed by atoms with Gasteiger partial charge in [0.1, 0.15) is 4.70 Å². The molecule has 0 unspecified atom stereocenters. The van der Waals surface area contributed by atoms with Crippen molar-refractivity contribution in [1.82, 2.24) is 9.97 Å². The third-order valence-electron chi connectivity index (χ3n) is 5.09. The molecule has 4 aromatic carbocycles. The van der Waals surface area contributed by atoms with Gasteiger partial charge in [0.25, 0.3) is 5.69 Å². The van der Waals surface area contributed by atoms with Gasteiger partial charge in [-0.2, -0.15) is 0 Å². The Bertz CT molecular complexity index is 1630. The minimum Gasteiger partial charge on any atom is -0.398 e. The summed E-state index contributed by atoms with van der Waals surface area (Å²) in [6, 6.07) is 30.3. The molecule has 0 fully saturated rings. The van der Waals surface area contributed by atoms with E-state index in [-0.39, 0.29) is 10.6 Å². The van der Waals surface area contributed by atoms with Gasteiger partial charge in [0.05, 0.1) is 26.3 Å². The average molecular weight is 513 g/mol. The van der Waals surface area contributed by atoms with Crippen molar-refractivity contribution in [1.29, 1.82) is 0 Å². The van der Waals surface area contributed by atoms with Crippen LogP contribution in [0.25, 0.3) is 20.4 Å². The predicted molar refractivity (Wildman–Crippen MR) is 150 cm³/mol. The maximum absolute atomic E-state index is 10.9. The van der Waals surface area contributed by atoms with E-state index in [1.807, 2.05) is 78.9 Å². The summed E-state index contributed by atoms with van der Waals surface area (Å²) < 4.78 is 1.62. The molecule has 2 heterocycles. The highest BCUT2D eigenvalue weighted by Gasteiger charge is 2.15. The summed E-state index contributed by atoms with van der Waals surface area (Å²) in [6.07, 6.45) is 0. The second kappa shape index (κ2) is 10.4. The number of nitro benzene ring substituents is 1. The molecule has 178 valence electrons. The summed E-state index contributed by atoms with van der Waals surface area (Å²) in [5.41, 5.74) is 10.3. The molecule has 36 heavy (non-hydrogen) atoms. The first-order chi connectivity index (χ1) is 17.6. The number of thiazole rings is 2. The lowest BCUT2D eigenvalue weighted by Gasteiger charge is -1.99. The standard InChI is InChI=1S/C13H9N3O2S.C13H11N3S/c17-16(18)11-8-4-7-10-12(11)19-13(15-10)14-9-5-2-1-3-6-9;14-10-7-4-8-11-12(10)17-13(16-11)15-9-5-2-1-3-6-9/h1-8H,(H,14,15);1-8H,14H2,(H,15,16). The monoisotopic (exact) mass is 512 g/mol. The summed E-state index contributed by atoms with van der Waals surface area (Å²) in [5.74, 6) is 0. The predicted octanol–water partition coefficient (Wildman–Crippen LogP) is 7.57. The van der Waals surface area contributed by atoms with Crippen LogP contribution in [0.4, 0.5) is 33.0 Å². The lowest BCUT2D eigenvalue weighted by molar-refractivity contribution is -0.382. The zero-order chi connectivity index (χ0) is 24.9. The molecule has 0 aliphatic carbocycles. The van der Waals surface area contributed by atoms with Crippen LogP contribution in [0.2, 0.25) is 0 Å². The molecule has 0 amide bonds. The largest absolute Gasteiger partial charge is 0.398 e. The molecular weight excluding hydrogens is 492 g/mol. The molecule has 0 saturated heterocycles. The number of rotatable bonds is 5. The van der Waals surface area contributed by atoms with Crippen LogP contribution in [-0.2, 0) is 0 Å². The average Bonchev–Trinajstić information content (AvgIpc) is 3.49. The van der Waals surface area contributed by atoms with Crippen molar-refractivity contribution in [3.8, 4) is 0 Å². The number of aromatic nitrogens is 2. The Labute approximate surface area is 214 Å². The van der Waals surface area contributed by atoms with Gasteiger partial charge in [-0.15, -0.1) is 0 Å². The quantitative estimate of drug-likeness (QED) is 0.124. The number of nitrogens with zero attached hydrogens (tertiary/aromatic N) is 3. The van der Waals surface area contributed by atoms with E-state index in [4.69, 9.17) is 5.73 Å². The van der Waals surface area contributed by atoms with Crippen molar-refractivity contribution in [2.24, 2.45) is 0 Å². The number of anilines is 5. The second-order valence-electron chi connectivity index (χ2n) is 7.60. The number of para-hydroxylation sites is 2. The molecular formula is C26H20N6O2S2. The van der Waals surface area contributed by atoms with E-state index in [1.54, 1.807) is 23.5 Å². The molecule has 10 heteroatoms. The van der Waals surface area contributed by atoms with Crippen LogP contribution in [0.15, 0.2) is 97.1 Å². The Hall–Kier alpha value is -4.54. The summed E-state index contributed by atoms with van der Waals surface area (Å²) in [6.45, 7) is 0. The van der Waals surface area contributed by atoms with E-state index in [0.29, 0.717) is 15.3 Å². The number of nitrogen functional groups attached to an aromatic ring is 1. The Kier molecular flexibility index (Phi) is 6.69. The molecule has 6 rings (SSSR count). The number of benzene rings is 4. The summed E-state index contributed by atoms with van der Waals surface area (Å²) >= 11 is 2.85. The van der Waals surface area contributed by atoms with Crippen molar-refractivity contribution in [2.75, 3.05) is 16.4 Å². The van der Waals surface area contributed by atoms with E-state index < -0.39 is 0 Å². The smallest absolute Gasteiger partial charge is 0.288 e. The molecule has 2 aromatic heterocycles. The van der Waals surface area contributed by atoms with E-state index in [1.165, 1.54) is 17.4 Å². The fourth-order valence-corrected chi connectivity index (χ4v) is 5.33. The topological polar surface area (TPSA) is 119 Å². The van der Waals surface area contributed by atoms with Crippen molar-refractivity contribution in [3.63, 3.8) is 0 Å². The lowest BCUT2D eigenvalue weighted by Crippen LogP contribution is -1.87. The van der Waals surface area contributed by atoms with Gasteiger partial charge >= 0.3 is 0 Å². The van der Waals surface area contributed by atoms with Crippen LogP contribution in [0, 0.1) is 10.1 Å². The fourth-order valence-electron chi connectivity index (χ4n) is 3.45. The number of nitrogens with two attached hydrogens (primary N) is 1. The van der Waals surface area contributed by atoms with Crippen molar-refractivity contribution >= 4 is 76.1 Å². The van der Waals surface area contributed by atoms with E-state index in [9.17, 15) is 10.1 Å². The Morgan fingerprint density at radius 1 is 0.667 bits per heavy atom. The molecule has 0 aliphatic rings. The molecule has 0 bridgehead atoms. The highest BCUT2D eigenvalue weighted by atomic mass is 32.1. The van der Waals surface area contributed by atoms with Crippen LogP contribution < -0.4 is 16.4 Å². The van der Waals surface area contributed by atoms with Gasteiger partial charge < -0.3 is 16.4 Å². The van der Waals surface area contributed by atoms with Crippen molar-refractivity contribution in [3.05, 3.63) is 107 Å². The first-order valence-corrected chi connectivity index (χ1v) is 12.5. The van der Waals surface area contributed by atoms with E-state index >= 15 is 0 Å². The van der Waals surface area contributed by atoms with Crippen LogP contribution in [-0.4, -0.2) is 14.9 Å². The molecule has 0 radical (unpaired) electrons. The van der Waals surface area contributed by atoms with Gasteiger partial charge in [-0.05, 0) is 42.5 Å². The Morgan fingerprint density at radius 3 is 1.69 bits per heavy atom. The first kappa shape index (κ1) is 23.2. The van der Waals surface area contributed by atoms with Crippen molar-refractivity contribution in [2.45, 2.75) is 0 Å². The Morgan fingerprint density at radius 2 is 1.17 bits per heavy atom. The molecule has 0 aliphatic heterocycles. The normalized spacial score (nSPS) is 10.6. The third kappa shape index (κ3) is 5.24. The number of hydrogen-bond donors (Lipinski definition) is 3. The SMILES string of the molecule is Nc1cccc2nc(Nc3ccccc3)sc12.O=[N+]([O-])c1cccc2nc(Nc3ccccc3)sc12. The number of nitro groups is 1. The number of fused-ring (bicyclic) bond motifs is 2. The second-order valence-corrected chi connectivity index (χ2v) is 9.60. The highest BCUT2D eigenvalue weighted by Crippen LogP contribution is 2.34. The zero-order valence-electron chi connectivity index (χ0n) is 18.8. The molecule has 0 saturated carbocycles. The molecule has 8 nitrogen and oxygen atoms in total. The first-order valence-electron chi connectivity index (χ1n) is 10.9. The van der Waals surface area contributed by atoms with Gasteiger partial charge in [-0.25, -0.2) is 9.97 Å². The highest BCUT2D eigenvalue weighted by molar-refractivity contribution is 7.23. The molecule has 4 N–H and O–H groups in total. The zero-order valence-corrected chi connectivity index (χ0v) is 20.4. The minimum absolute atomic E-state index is 0.0936. The fraction of sp³-hybridized carbons (Fsp3) is 0. The van der Waals surface area contributed by atoms with Gasteiger partial charge in [0, 0.05) is 17.4 Å². The van der Waals surface area contributed by atoms with Crippen LogP contribution in [0.1, 0.15) is 0 Å². The third-order valence-corrected chi connectivity index (χ3v) is 7.13. The van der Waals surface area contributed by atoms with E-state index in [2.05, 4.69) is 20.6 Å². The van der Waals surface area contributed by atoms with Crippen molar-refractivity contribution < 1.29 is 4.92 Å². The summed E-state index contributed by atoms with van der Waals surface area (Å²) in [4.78, 5) is 19.4. The maximum atomic E-state index is 10.9. The summed E-state index contributed by atoms with van der Waals surface area (Å²) in [7, 11) is 0. The van der Waals surface area contributed by atoms with Gasteiger partial charge in [0.15, 0.2) is 10.3 Å². The Balaban J connectivity index is 0.000000149. The summed E-state index contributed by atoms with van der Waals surface area (Å²) in [5, 5.41) is 18.9. The van der Waals surface area contributed by atoms with Crippen LogP contribution in [0.5, 0.6) is 0 Å². The minimum atomic E-state index is -0.382. The lowest BCUT2D eigenvalue weighted by atomic mass is 10.3. The molecule has 6 aromatic rings. The van der Waals surface area contributed by atoms with E-state index in [0.717, 1.165) is 32.4 Å². The van der Waals surface area contributed by atoms with Crippen LogP contribution in [0.3, 0.4) is 0 Å². The van der Waals surface area contributed by atoms with Gasteiger partial charge in [-0.3, -0.25) is 10.1 Å². The van der Waals surface area contributed by atoms with Crippen LogP contribution >= 0.6 is 22.7 Å².